The third-order valence-electron chi connectivity index (χ3n) is 2.60. The van der Waals surface area contributed by atoms with Gasteiger partial charge in [0.25, 0.3) is 0 Å². The highest BCUT2D eigenvalue weighted by molar-refractivity contribution is 5.73. The van der Waals surface area contributed by atoms with Gasteiger partial charge in [0, 0.05) is 0 Å². The molecule has 0 unspecified atom stereocenters. The van der Waals surface area contributed by atoms with E-state index in [9.17, 15) is 4.79 Å². The van der Waals surface area contributed by atoms with Crippen molar-refractivity contribution in [2.24, 2.45) is 0 Å². The van der Waals surface area contributed by atoms with Gasteiger partial charge in [0.2, 0.25) is 0 Å². The van der Waals surface area contributed by atoms with E-state index < -0.39 is 0 Å². The predicted molar refractivity (Wildman–Crippen MR) is 62.8 cm³/mol. The average molecular weight is 233 g/mol. The lowest BCUT2D eigenvalue weighted by Crippen LogP contribution is -2.08. The van der Waals surface area contributed by atoms with E-state index in [1.54, 1.807) is 12.1 Å². The van der Waals surface area contributed by atoms with Crippen molar-refractivity contribution in [3.8, 4) is 11.8 Å². The zero-order valence-corrected chi connectivity index (χ0v) is 10.2. The first-order valence-electron chi connectivity index (χ1n) is 5.33. The Bertz CT molecular complexity index is 460. The summed E-state index contributed by atoms with van der Waals surface area (Å²) in [5, 5.41) is 8.97. The zero-order chi connectivity index (χ0) is 12.8. The number of hydrogen-bond acceptors (Lipinski definition) is 4. The molecule has 0 bridgehead atoms. The van der Waals surface area contributed by atoms with Crippen molar-refractivity contribution >= 4 is 5.97 Å². The summed E-state index contributed by atoms with van der Waals surface area (Å²) in [6, 6.07) is 5.51. The quantitative estimate of drug-likeness (QED) is 0.744. The second-order valence-corrected chi connectivity index (χ2v) is 3.50. The fourth-order valence-corrected chi connectivity index (χ4v) is 1.77. The predicted octanol–water partition coefficient (Wildman–Crippen LogP) is 1.84. The maximum atomic E-state index is 11.3. The molecule has 0 radical (unpaired) electrons. The van der Waals surface area contributed by atoms with Crippen molar-refractivity contribution in [1.29, 1.82) is 5.26 Å². The Hall–Kier alpha value is -2.02. The van der Waals surface area contributed by atoms with Crippen molar-refractivity contribution in [1.82, 2.24) is 0 Å². The van der Waals surface area contributed by atoms with Gasteiger partial charge in [-0.05, 0) is 23.6 Å². The highest BCUT2D eigenvalue weighted by Crippen LogP contribution is 2.27. The molecule has 0 spiro atoms. The van der Waals surface area contributed by atoms with Crippen LogP contribution in [-0.4, -0.2) is 20.2 Å². The van der Waals surface area contributed by atoms with E-state index in [1.165, 1.54) is 14.2 Å². The number of carbonyl (C=O) groups is 1. The van der Waals surface area contributed by atoms with Crippen LogP contribution in [0.4, 0.5) is 0 Å². The van der Waals surface area contributed by atoms with E-state index in [-0.39, 0.29) is 12.4 Å². The van der Waals surface area contributed by atoms with Gasteiger partial charge in [-0.25, -0.2) is 0 Å². The lowest BCUT2D eigenvalue weighted by atomic mass is 9.98. The van der Waals surface area contributed by atoms with Gasteiger partial charge >= 0.3 is 5.97 Å². The fraction of sp³-hybridized carbons (Fsp3) is 0.385. The monoisotopic (exact) mass is 233 g/mol. The molecule has 0 fully saturated rings. The summed E-state index contributed by atoms with van der Waals surface area (Å²) >= 11 is 0. The fourth-order valence-electron chi connectivity index (χ4n) is 1.77. The van der Waals surface area contributed by atoms with Crippen LogP contribution in [0.2, 0.25) is 0 Å². The van der Waals surface area contributed by atoms with Gasteiger partial charge in [0.15, 0.2) is 0 Å². The van der Waals surface area contributed by atoms with Crippen molar-refractivity contribution in [3.63, 3.8) is 0 Å². The van der Waals surface area contributed by atoms with E-state index in [0.29, 0.717) is 17.7 Å². The Morgan fingerprint density at radius 3 is 2.59 bits per heavy atom. The van der Waals surface area contributed by atoms with Crippen LogP contribution in [0.15, 0.2) is 12.1 Å². The third-order valence-corrected chi connectivity index (χ3v) is 2.60. The molecule has 0 aliphatic rings. The van der Waals surface area contributed by atoms with E-state index in [0.717, 1.165) is 11.1 Å². The molecular weight excluding hydrogens is 218 g/mol. The van der Waals surface area contributed by atoms with Gasteiger partial charge in [-0.1, -0.05) is 13.0 Å². The minimum atomic E-state index is -0.300. The van der Waals surface area contributed by atoms with Crippen LogP contribution in [0.25, 0.3) is 0 Å². The van der Waals surface area contributed by atoms with Crippen molar-refractivity contribution < 1.29 is 14.3 Å². The van der Waals surface area contributed by atoms with E-state index in [1.807, 2.05) is 6.92 Å². The number of ether oxygens (including phenoxy) is 2. The van der Waals surface area contributed by atoms with Gasteiger partial charge in [-0.15, -0.1) is 0 Å². The molecular formula is C13H15NO3. The molecule has 0 aromatic heterocycles. The molecule has 1 aromatic rings. The molecule has 0 heterocycles. The normalized spacial score (nSPS) is 9.53. The number of nitriles is 1. The second kappa shape index (κ2) is 5.90. The molecule has 0 amide bonds. The summed E-state index contributed by atoms with van der Waals surface area (Å²) in [5.41, 5.74) is 2.21. The Kier molecular flexibility index (Phi) is 4.53. The van der Waals surface area contributed by atoms with Gasteiger partial charge in [0.1, 0.15) is 11.8 Å². The van der Waals surface area contributed by atoms with Crippen LogP contribution in [0.1, 0.15) is 23.6 Å². The maximum absolute atomic E-state index is 11.3. The summed E-state index contributed by atoms with van der Waals surface area (Å²) in [5.74, 6) is 0.253. The number of nitrogens with zero attached hydrogens (tertiary/aromatic N) is 1. The first-order chi connectivity index (χ1) is 8.17. The molecule has 1 aromatic carbocycles. The number of hydrogen-bond donors (Lipinski definition) is 0. The summed E-state index contributed by atoms with van der Waals surface area (Å²) in [6.45, 7) is 1.96. The van der Waals surface area contributed by atoms with Crippen LogP contribution in [0, 0.1) is 11.3 Å². The number of methoxy groups -OCH3 is 2. The molecule has 17 heavy (non-hydrogen) atoms. The molecule has 0 N–H and O–H groups in total. The molecule has 0 aliphatic carbocycles. The molecule has 4 heteroatoms. The molecule has 1 rings (SSSR count). The van der Waals surface area contributed by atoms with Crippen molar-refractivity contribution in [2.45, 2.75) is 19.8 Å². The van der Waals surface area contributed by atoms with E-state index in [4.69, 9.17) is 10.00 Å². The minimum absolute atomic E-state index is 0.196. The van der Waals surface area contributed by atoms with Crippen molar-refractivity contribution in [2.75, 3.05) is 14.2 Å². The zero-order valence-electron chi connectivity index (χ0n) is 10.2. The van der Waals surface area contributed by atoms with Crippen LogP contribution in [0.5, 0.6) is 5.75 Å². The van der Waals surface area contributed by atoms with Gasteiger partial charge < -0.3 is 9.47 Å². The summed E-state index contributed by atoms with van der Waals surface area (Å²) < 4.78 is 9.88. The first kappa shape index (κ1) is 13.0. The molecule has 0 aliphatic heterocycles. The third kappa shape index (κ3) is 2.76. The smallest absolute Gasteiger partial charge is 0.309 e. The number of rotatable bonds is 4. The second-order valence-electron chi connectivity index (χ2n) is 3.50. The number of esters is 1. The highest BCUT2D eigenvalue weighted by Gasteiger charge is 2.14. The first-order valence-corrected chi connectivity index (χ1v) is 5.33. The Labute approximate surface area is 101 Å². The van der Waals surface area contributed by atoms with Gasteiger partial charge in [0.05, 0.1) is 26.2 Å². The Balaban J connectivity index is 3.24. The highest BCUT2D eigenvalue weighted by atomic mass is 16.5. The summed E-state index contributed by atoms with van der Waals surface area (Å²) in [6.07, 6.45) is 0.896. The number of benzene rings is 1. The van der Waals surface area contributed by atoms with E-state index >= 15 is 0 Å². The van der Waals surface area contributed by atoms with Crippen molar-refractivity contribution in [3.05, 3.63) is 28.8 Å². The van der Waals surface area contributed by atoms with Crippen LogP contribution >= 0.6 is 0 Å². The maximum Gasteiger partial charge on any atom is 0.309 e. The lowest BCUT2D eigenvalue weighted by Gasteiger charge is -2.13. The topological polar surface area (TPSA) is 59.3 Å². The van der Waals surface area contributed by atoms with Crippen LogP contribution in [0.3, 0.4) is 0 Å². The molecule has 0 atom stereocenters. The minimum Gasteiger partial charge on any atom is -0.495 e. The molecule has 0 saturated carbocycles. The van der Waals surface area contributed by atoms with Gasteiger partial charge in [-0.2, -0.15) is 5.26 Å². The Morgan fingerprint density at radius 2 is 2.12 bits per heavy atom. The lowest BCUT2D eigenvalue weighted by molar-refractivity contribution is -0.139. The Morgan fingerprint density at radius 1 is 1.41 bits per heavy atom. The van der Waals surface area contributed by atoms with Crippen LogP contribution in [-0.2, 0) is 22.4 Å². The molecule has 90 valence electrons. The SMILES string of the molecule is CCc1c(CC(=O)OC)ccc(C#N)c1OC. The van der Waals surface area contributed by atoms with Gasteiger partial charge in [-0.3, -0.25) is 4.79 Å². The van der Waals surface area contributed by atoms with Crippen LogP contribution < -0.4 is 4.74 Å². The molecule has 0 saturated heterocycles. The summed E-state index contributed by atoms with van der Waals surface area (Å²) in [4.78, 5) is 11.3. The average Bonchev–Trinajstić information content (AvgIpc) is 2.37. The molecule has 4 nitrogen and oxygen atoms in total. The standard InChI is InChI=1S/C13H15NO3/c1-4-11-9(7-12(15)16-2)5-6-10(8-14)13(11)17-3/h5-6H,4,7H2,1-3H3. The van der Waals surface area contributed by atoms with E-state index in [2.05, 4.69) is 10.8 Å². The number of carbonyl (C=O) groups excluding carboxylic acids is 1. The largest absolute Gasteiger partial charge is 0.495 e. The summed E-state index contributed by atoms with van der Waals surface area (Å²) in [7, 11) is 2.88.